The van der Waals surface area contributed by atoms with Crippen LogP contribution in [0.25, 0.3) is 0 Å². The van der Waals surface area contributed by atoms with Gasteiger partial charge in [0.1, 0.15) is 5.76 Å². The van der Waals surface area contributed by atoms with E-state index in [1.807, 2.05) is 26.0 Å². The van der Waals surface area contributed by atoms with Gasteiger partial charge < -0.3 is 10.4 Å². The molecule has 0 aromatic heterocycles. The van der Waals surface area contributed by atoms with Gasteiger partial charge in [-0.15, -0.1) is 0 Å². The maximum atomic E-state index is 9.61. The molecule has 2 heteroatoms. The summed E-state index contributed by atoms with van der Waals surface area (Å²) in [5.74, 6) is 1.93. The molecule has 1 fully saturated rings. The van der Waals surface area contributed by atoms with Crippen molar-refractivity contribution in [3.63, 3.8) is 0 Å². The van der Waals surface area contributed by atoms with Gasteiger partial charge in [0.15, 0.2) is 0 Å². The third kappa shape index (κ3) is 6.29. The number of aliphatic hydroxyl groups excluding tert-OH is 1. The fraction of sp³-hybridized carbons (Fsp3) is 0.765. The molecule has 0 aromatic carbocycles. The van der Waals surface area contributed by atoms with Crippen LogP contribution < -0.4 is 5.32 Å². The lowest BCUT2D eigenvalue weighted by molar-refractivity contribution is 0.375. The first-order valence-corrected chi connectivity index (χ1v) is 8.02. The van der Waals surface area contributed by atoms with Crippen molar-refractivity contribution < 1.29 is 5.11 Å². The lowest BCUT2D eigenvalue weighted by atomic mass is 9.86. The highest BCUT2D eigenvalue weighted by Gasteiger charge is 2.16. The number of nitrogens with one attached hydrogen (secondary N) is 1. The van der Waals surface area contributed by atoms with E-state index in [2.05, 4.69) is 12.2 Å². The van der Waals surface area contributed by atoms with Gasteiger partial charge in [0.25, 0.3) is 0 Å². The van der Waals surface area contributed by atoms with Crippen LogP contribution in [0.5, 0.6) is 0 Å². The summed E-state index contributed by atoms with van der Waals surface area (Å²) in [5.41, 5.74) is 1.32. The van der Waals surface area contributed by atoms with Gasteiger partial charge in [0, 0.05) is 0 Å². The molecule has 0 saturated carbocycles. The van der Waals surface area contributed by atoms with Crippen molar-refractivity contribution >= 4 is 0 Å². The van der Waals surface area contributed by atoms with Crippen LogP contribution in [-0.4, -0.2) is 18.2 Å². The maximum absolute atomic E-state index is 9.61. The highest BCUT2D eigenvalue weighted by atomic mass is 16.3. The molecule has 2 rings (SSSR count). The Balaban J connectivity index is 0.000000861. The van der Waals surface area contributed by atoms with E-state index in [1.54, 1.807) is 0 Å². The minimum Gasteiger partial charge on any atom is -0.508 e. The maximum Gasteiger partial charge on any atom is 0.111 e. The average molecular weight is 265 g/mol. The summed E-state index contributed by atoms with van der Waals surface area (Å²) in [6.45, 7) is 8.50. The minimum atomic E-state index is 0.473. The van der Waals surface area contributed by atoms with Crippen molar-refractivity contribution in [1.29, 1.82) is 0 Å². The smallest absolute Gasteiger partial charge is 0.111 e. The summed E-state index contributed by atoms with van der Waals surface area (Å²) in [4.78, 5) is 0. The molecule has 0 radical (unpaired) electrons. The Morgan fingerprint density at radius 1 is 1.21 bits per heavy atom. The molecule has 1 heterocycles. The van der Waals surface area contributed by atoms with Gasteiger partial charge in [-0.05, 0) is 82.5 Å². The first kappa shape index (κ1) is 16.3. The van der Waals surface area contributed by atoms with Crippen molar-refractivity contribution in [3.8, 4) is 0 Å². The molecular formula is C17H31NO. The Kier molecular flexibility index (Phi) is 7.88. The van der Waals surface area contributed by atoms with E-state index in [-0.39, 0.29) is 0 Å². The molecule has 2 aliphatic rings. The van der Waals surface area contributed by atoms with Gasteiger partial charge in [-0.3, -0.25) is 0 Å². The van der Waals surface area contributed by atoms with Gasteiger partial charge in [-0.25, -0.2) is 0 Å². The van der Waals surface area contributed by atoms with Gasteiger partial charge in [-0.1, -0.05) is 19.4 Å². The lowest BCUT2D eigenvalue weighted by Crippen LogP contribution is -2.14. The fourth-order valence-corrected chi connectivity index (χ4v) is 3.09. The molecule has 0 aromatic rings. The normalized spacial score (nSPS) is 27.5. The van der Waals surface area contributed by atoms with Gasteiger partial charge in [0.05, 0.1) is 0 Å². The number of hydrogen-bond donors (Lipinski definition) is 2. The summed E-state index contributed by atoms with van der Waals surface area (Å²) in [5, 5.41) is 13.1. The summed E-state index contributed by atoms with van der Waals surface area (Å²) < 4.78 is 0. The highest BCUT2D eigenvalue weighted by molar-refractivity contribution is 5.22. The molecule has 0 bridgehead atoms. The second-order valence-corrected chi connectivity index (χ2v) is 5.67. The van der Waals surface area contributed by atoms with E-state index < -0.39 is 0 Å². The quantitative estimate of drug-likeness (QED) is 0.782. The summed E-state index contributed by atoms with van der Waals surface area (Å²) in [6.07, 6.45) is 11.7. The largest absolute Gasteiger partial charge is 0.508 e. The van der Waals surface area contributed by atoms with Gasteiger partial charge >= 0.3 is 0 Å². The summed E-state index contributed by atoms with van der Waals surface area (Å²) >= 11 is 0. The first-order chi connectivity index (χ1) is 9.24. The molecule has 19 heavy (non-hydrogen) atoms. The Bertz CT molecular complexity index is 298. The molecule has 0 spiro atoms. The molecule has 1 saturated heterocycles. The van der Waals surface area contributed by atoms with Crippen LogP contribution in [0.4, 0.5) is 0 Å². The zero-order chi connectivity index (χ0) is 14.1. The topological polar surface area (TPSA) is 32.3 Å². The Morgan fingerprint density at radius 2 is 2.00 bits per heavy atom. The van der Waals surface area contributed by atoms with Crippen LogP contribution in [0.3, 0.4) is 0 Å². The van der Waals surface area contributed by atoms with Crippen molar-refractivity contribution in [3.05, 3.63) is 23.5 Å². The minimum absolute atomic E-state index is 0.473. The number of hydrogen-bond acceptors (Lipinski definition) is 2. The molecular weight excluding hydrogens is 234 g/mol. The molecule has 2 atom stereocenters. The molecule has 2 nitrogen and oxygen atoms in total. The van der Waals surface area contributed by atoms with Crippen molar-refractivity contribution in [2.24, 2.45) is 11.8 Å². The van der Waals surface area contributed by atoms with Gasteiger partial charge in [-0.2, -0.15) is 0 Å². The predicted molar refractivity (Wildman–Crippen MR) is 83.4 cm³/mol. The first-order valence-electron chi connectivity index (χ1n) is 8.02. The number of allylic oxidation sites excluding steroid dienone is 3. The van der Waals surface area contributed by atoms with Crippen LogP contribution in [0.15, 0.2) is 23.5 Å². The third-order valence-corrected chi connectivity index (χ3v) is 4.03. The monoisotopic (exact) mass is 265 g/mol. The highest BCUT2D eigenvalue weighted by Crippen LogP contribution is 2.28. The third-order valence-electron chi connectivity index (χ3n) is 4.03. The van der Waals surface area contributed by atoms with Crippen LogP contribution in [0, 0.1) is 11.8 Å². The van der Waals surface area contributed by atoms with E-state index in [4.69, 9.17) is 0 Å². The molecule has 1 unspecified atom stereocenters. The average Bonchev–Trinajstić information content (AvgIpc) is 2.66. The van der Waals surface area contributed by atoms with E-state index >= 15 is 0 Å². The van der Waals surface area contributed by atoms with Crippen molar-refractivity contribution in [1.82, 2.24) is 5.32 Å². The standard InChI is InChI=1S/C15H25NO.C2H6/c1-12-9-14(11-15(17)10-12)5-4-13-3-2-7-16-8-6-13;1-2/h10-11,13-14,16-17H,2-9H2,1H3;1-2H3/t13?,14-;/m0./s1. The molecule has 1 aliphatic heterocycles. The zero-order valence-electron chi connectivity index (χ0n) is 12.9. The van der Waals surface area contributed by atoms with Gasteiger partial charge in [0.2, 0.25) is 0 Å². The lowest BCUT2D eigenvalue weighted by Gasteiger charge is -2.20. The van der Waals surface area contributed by atoms with E-state index in [0.717, 1.165) is 12.3 Å². The SMILES string of the molecule is CC.CC1=CC(O)=C[C@@H](CCC2CCCNCC2)C1. The second kappa shape index (κ2) is 9.19. The van der Waals surface area contributed by atoms with E-state index in [1.165, 1.54) is 50.8 Å². The Hall–Kier alpha value is -0.760. The van der Waals surface area contributed by atoms with Crippen molar-refractivity contribution in [2.45, 2.75) is 59.3 Å². The second-order valence-electron chi connectivity index (χ2n) is 5.67. The summed E-state index contributed by atoms with van der Waals surface area (Å²) in [7, 11) is 0. The molecule has 2 N–H and O–H groups in total. The van der Waals surface area contributed by atoms with Crippen molar-refractivity contribution in [2.75, 3.05) is 13.1 Å². The molecule has 0 amide bonds. The van der Waals surface area contributed by atoms with E-state index in [9.17, 15) is 5.11 Å². The zero-order valence-corrected chi connectivity index (χ0v) is 12.9. The van der Waals surface area contributed by atoms with Crippen LogP contribution in [-0.2, 0) is 0 Å². The van der Waals surface area contributed by atoms with Crippen LogP contribution >= 0.6 is 0 Å². The van der Waals surface area contributed by atoms with E-state index in [0.29, 0.717) is 11.7 Å². The molecule has 110 valence electrons. The van der Waals surface area contributed by atoms with Crippen LogP contribution in [0.2, 0.25) is 0 Å². The molecule has 1 aliphatic carbocycles. The number of rotatable bonds is 3. The Morgan fingerprint density at radius 3 is 2.74 bits per heavy atom. The number of aliphatic hydroxyl groups is 1. The van der Waals surface area contributed by atoms with Crippen LogP contribution in [0.1, 0.15) is 59.3 Å². The Labute approximate surface area is 119 Å². The fourth-order valence-electron chi connectivity index (χ4n) is 3.09. The predicted octanol–water partition coefficient (Wildman–Crippen LogP) is 4.59. The summed E-state index contributed by atoms with van der Waals surface area (Å²) in [6, 6.07) is 0.